The zero-order valence-electron chi connectivity index (χ0n) is 13.2. The van der Waals surface area contributed by atoms with Gasteiger partial charge in [0, 0.05) is 18.7 Å². The van der Waals surface area contributed by atoms with Gasteiger partial charge in [-0.15, -0.1) is 0 Å². The van der Waals surface area contributed by atoms with Crippen molar-refractivity contribution in [3.05, 3.63) is 58.7 Å². The summed E-state index contributed by atoms with van der Waals surface area (Å²) in [6.07, 6.45) is 0. The molecule has 1 N–H and O–H groups in total. The number of ether oxygens (including phenoxy) is 1. The van der Waals surface area contributed by atoms with Gasteiger partial charge in [0.25, 0.3) is 0 Å². The number of nitrogens with zero attached hydrogens (tertiary/aromatic N) is 1. The molecular weight excluding hydrogens is 262 g/mol. The Morgan fingerprint density at radius 1 is 1.00 bits per heavy atom. The van der Waals surface area contributed by atoms with E-state index in [1.165, 1.54) is 11.1 Å². The zero-order valence-corrected chi connectivity index (χ0v) is 13.2. The fourth-order valence-corrected chi connectivity index (χ4v) is 2.38. The van der Waals surface area contributed by atoms with Crippen LogP contribution in [0.25, 0.3) is 0 Å². The van der Waals surface area contributed by atoms with Gasteiger partial charge in [-0.3, -0.25) is 4.90 Å². The molecule has 0 aliphatic rings. The highest BCUT2D eigenvalue weighted by Crippen LogP contribution is 2.23. The molecule has 0 bridgehead atoms. The van der Waals surface area contributed by atoms with Crippen molar-refractivity contribution in [3.8, 4) is 11.5 Å². The van der Waals surface area contributed by atoms with Crippen LogP contribution < -0.4 is 4.74 Å². The number of methoxy groups -OCH3 is 1. The second-order valence-electron chi connectivity index (χ2n) is 5.59. The van der Waals surface area contributed by atoms with Gasteiger partial charge < -0.3 is 9.84 Å². The molecule has 0 amide bonds. The second kappa shape index (κ2) is 6.64. The van der Waals surface area contributed by atoms with E-state index in [2.05, 4.69) is 37.1 Å². The lowest BCUT2D eigenvalue weighted by atomic mass is 10.0. The zero-order chi connectivity index (χ0) is 15.4. The summed E-state index contributed by atoms with van der Waals surface area (Å²) in [5.74, 6) is 1.24. The summed E-state index contributed by atoms with van der Waals surface area (Å²) >= 11 is 0. The van der Waals surface area contributed by atoms with Crippen LogP contribution in [0.5, 0.6) is 11.5 Å². The molecule has 0 aromatic heterocycles. The Morgan fingerprint density at radius 3 is 2.24 bits per heavy atom. The molecule has 2 rings (SSSR count). The molecule has 0 spiro atoms. The third-order valence-electron chi connectivity index (χ3n) is 3.75. The summed E-state index contributed by atoms with van der Waals surface area (Å²) in [4.78, 5) is 2.19. The maximum Gasteiger partial charge on any atom is 0.120 e. The van der Waals surface area contributed by atoms with Gasteiger partial charge in [0.2, 0.25) is 0 Å². The average molecular weight is 285 g/mol. The van der Waals surface area contributed by atoms with E-state index in [9.17, 15) is 5.11 Å². The summed E-state index contributed by atoms with van der Waals surface area (Å²) in [7, 11) is 3.72. The van der Waals surface area contributed by atoms with Crippen molar-refractivity contribution in [1.82, 2.24) is 4.90 Å². The van der Waals surface area contributed by atoms with E-state index < -0.39 is 0 Å². The summed E-state index contributed by atoms with van der Waals surface area (Å²) in [5, 5.41) is 10.1. The Labute approximate surface area is 126 Å². The van der Waals surface area contributed by atoms with Crippen LogP contribution in [0, 0.1) is 13.8 Å². The minimum atomic E-state index is 0.375. The number of hydrogen-bond donors (Lipinski definition) is 1. The molecule has 3 heteroatoms. The number of hydrogen-bond acceptors (Lipinski definition) is 3. The van der Waals surface area contributed by atoms with Crippen LogP contribution >= 0.6 is 0 Å². The SMILES string of the molecule is COc1ccc(CN(C)Cc2cc(C)c(C)cc2O)cc1. The van der Waals surface area contributed by atoms with Gasteiger partial charge in [-0.2, -0.15) is 0 Å². The predicted octanol–water partition coefficient (Wildman–Crippen LogP) is 3.65. The van der Waals surface area contributed by atoms with E-state index in [1.807, 2.05) is 25.1 Å². The predicted molar refractivity (Wildman–Crippen MR) is 85.7 cm³/mol. The average Bonchev–Trinajstić information content (AvgIpc) is 2.45. The summed E-state index contributed by atoms with van der Waals surface area (Å²) < 4.78 is 5.16. The molecule has 0 saturated heterocycles. The highest BCUT2D eigenvalue weighted by atomic mass is 16.5. The van der Waals surface area contributed by atoms with Gasteiger partial charge in [-0.25, -0.2) is 0 Å². The Kier molecular flexibility index (Phi) is 4.86. The third kappa shape index (κ3) is 3.99. The molecule has 2 aromatic carbocycles. The van der Waals surface area contributed by atoms with Gasteiger partial charge in [0.1, 0.15) is 11.5 Å². The molecule has 0 saturated carbocycles. The van der Waals surface area contributed by atoms with Gasteiger partial charge in [-0.05, 0) is 55.8 Å². The molecule has 0 fully saturated rings. The molecule has 112 valence electrons. The Hall–Kier alpha value is -2.00. The van der Waals surface area contributed by atoms with E-state index >= 15 is 0 Å². The molecule has 0 heterocycles. The van der Waals surface area contributed by atoms with Crippen LogP contribution in [0.2, 0.25) is 0 Å². The minimum Gasteiger partial charge on any atom is -0.508 e. The van der Waals surface area contributed by atoms with Gasteiger partial charge in [0.15, 0.2) is 0 Å². The van der Waals surface area contributed by atoms with Crippen LogP contribution in [-0.4, -0.2) is 24.2 Å². The number of aromatic hydroxyl groups is 1. The molecule has 0 aliphatic heterocycles. The third-order valence-corrected chi connectivity index (χ3v) is 3.75. The smallest absolute Gasteiger partial charge is 0.120 e. The molecule has 0 radical (unpaired) electrons. The van der Waals surface area contributed by atoms with Crippen LogP contribution in [-0.2, 0) is 13.1 Å². The molecule has 0 atom stereocenters. The first kappa shape index (κ1) is 15.4. The van der Waals surface area contributed by atoms with Crippen LogP contribution in [0.3, 0.4) is 0 Å². The first-order valence-corrected chi connectivity index (χ1v) is 7.10. The minimum absolute atomic E-state index is 0.375. The van der Waals surface area contributed by atoms with Crippen LogP contribution in [0.15, 0.2) is 36.4 Å². The first-order valence-electron chi connectivity index (χ1n) is 7.10. The Morgan fingerprint density at radius 2 is 1.62 bits per heavy atom. The number of aryl methyl sites for hydroxylation is 2. The van der Waals surface area contributed by atoms with Crippen molar-refractivity contribution in [2.24, 2.45) is 0 Å². The summed E-state index contributed by atoms with van der Waals surface area (Å²) in [6, 6.07) is 12.0. The number of benzene rings is 2. The van der Waals surface area contributed by atoms with Crippen LogP contribution in [0.4, 0.5) is 0 Å². The van der Waals surface area contributed by atoms with E-state index in [0.29, 0.717) is 5.75 Å². The molecule has 2 aromatic rings. The molecule has 0 aliphatic carbocycles. The molecule has 21 heavy (non-hydrogen) atoms. The normalized spacial score (nSPS) is 10.9. The first-order chi connectivity index (χ1) is 9.99. The second-order valence-corrected chi connectivity index (χ2v) is 5.59. The van der Waals surface area contributed by atoms with E-state index in [0.717, 1.165) is 30.0 Å². The lowest BCUT2D eigenvalue weighted by Gasteiger charge is -2.18. The maximum atomic E-state index is 10.1. The Balaban J connectivity index is 2.04. The summed E-state index contributed by atoms with van der Waals surface area (Å²) in [5.41, 5.74) is 4.52. The quantitative estimate of drug-likeness (QED) is 0.910. The van der Waals surface area contributed by atoms with E-state index in [-0.39, 0.29) is 0 Å². The monoisotopic (exact) mass is 285 g/mol. The van der Waals surface area contributed by atoms with Crippen molar-refractivity contribution < 1.29 is 9.84 Å². The van der Waals surface area contributed by atoms with Crippen molar-refractivity contribution in [2.45, 2.75) is 26.9 Å². The summed E-state index contributed by atoms with van der Waals surface area (Å²) in [6.45, 7) is 5.64. The number of rotatable bonds is 5. The van der Waals surface area contributed by atoms with Crippen molar-refractivity contribution in [2.75, 3.05) is 14.2 Å². The van der Waals surface area contributed by atoms with Crippen LogP contribution in [0.1, 0.15) is 22.3 Å². The van der Waals surface area contributed by atoms with Gasteiger partial charge in [0.05, 0.1) is 7.11 Å². The van der Waals surface area contributed by atoms with E-state index in [4.69, 9.17) is 4.74 Å². The molecule has 3 nitrogen and oxygen atoms in total. The topological polar surface area (TPSA) is 32.7 Å². The van der Waals surface area contributed by atoms with Crippen molar-refractivity contribution in [3.63, 3.8) is 0 Å². The van der Waals surface area contributed by atoms with Gasteiger partial charge in [-0.1, -0.05) is 18.2 Å². The highest BCUT2D eigenvalue weighted by molar-refractivity contribution is 5.40. The fourth-order valence-electron chi connectivity index (χ4n) is 2.38. The van der Waals surface area contributed by atoms with E-state index in [1.54, 1.807) is 7.11 Å². The highest BCUT2D eigenvalue weighted by Gasteiger charge is 2.08. The maximum absolute atomic E-state index is 10.1. The molecular formula is C18H23NO2. The van der Waals surface area contributed by atoms with Gasteiger partial charge >= 0.3 is 0 Å². The van der Waals surface area contributed by atoms with Crippen molar-refractivity contribution >= 4 is 0 Å². The Bertz CT molecular complexity index is 605. The molecule has 0 unspecified atom stereocenters. The number of phenolic OH excluding ortho intramolecular Hbond substituents is 1. The lowest BCUT2D eigenvalue weighted by Crippen LogP contribution is -2.17. The fraction of sp³-hybridized carbons (Fsp3) is 0.333. The van der Waals surface area contributed by atoms with Crippen molar-refractivity contribution in [1.29, 1.82) is 0 Å². The lowest BCUT2D eigenvalue weighted by molar-refractivity contribution is 0.312. The standard InChI is InChI=1S/C18H23NO2/c1-13-9-16(18(20)10-14(13)2)12-19(3)11-15-5-7-17(21-4)8-6-15/h5-10,20H,11-12H2,1-4H3. The largest absolute Gasteiger partial charge is 0.508 e. The number of phenols is 1.